The molecule has 0 bridgehead atoms. The van der Waals surface area contributed by atoms with Gasteiger partial charge in [-0.15, -0.1) is 0 Å². The van der Waals surface area contributed by atoms with Crippen molar-refractivity contribution >= 4 is 5.91 Å². The molecule has 1 aliphatic rings. The van der Waals surface area contributed by atoms with E-state index in [2.05, 4.69) is 5.32 Å². The standard InChI is InChI=1S/C11H22N2O/c12-9-4-2-1-3-8-11(14)13-10-6-5-7-10/h10H,1-9,12H2,(H,13,14). The lowest BCUT2D eigenvalue weighted by Gasteiger charge is -2.26. The number of rotatable bonds is 7. The Morgan fingerprint density at radius 2 is 1.93 bits per heavy atom. The van der Waals surface area contributed by atoms with Gasteiger partial charge in [0.25, 0.3) is 0 Å². The van der Waals surface area contributed by atoms with E-state index >= 15 is 0 Å². The largest absolute Gasteiger partial charge is 0.353 e. The van der Waals surface area contributed by atoms with Gasteiger partial charge in [-0.25, -0.2) is 0 Å². The van der Waals surface area contributed by atoms with Gasteiger partial charge in [0.05, 0.1) is 0 Å². The summed E-state index contributed by atoms with van der Waals surface area (Å²) in [5, 5.41) is 3.04. The first-order chi connectivity index (χ1) is 6.83. The van der Waals surface area contributed by atoms with E-state index in [1.807, 2.05) is 0 Å². The van der Waals surface area contributed by atoms with Crippen LogP contribution in [0.15, 0.2) is 0 Å². The lowest BCUT2D eigenvalue weighted by atomic mass is 9.93. The minimum Gasteiger partial charge on any atom is -0.353 e. The van der Waals surface area contributed by atoms with E-state index in [1.54, 1.807) is 0 Å². The third-order valence-electron chi connectivity index (χ3n) is 2.83. The normalized spacial score (nSPS) is 16.4. The Morgan fingerprint density at radius 3 is 2.50 bits per heavy atom. The molecule has 1 rings (SSSR count). The van der Waals surface area contributed by atoms with Crippen LogP contribution in [-0.2, 0) is 4.79 Å². The Balaban J connectivity index is 1.87. The summed E-state index contributed by atoms with van der Waals surface area (Å²) < 4.78 is 0. The van der Waals surface area contributed by atoms with Gasteiger partial charge in [-0.3, -0.25) is 4.79 Å². The van der Waals surface area contributed by atoms with Crippen LogP contribution in [0.2, 0.25) is 0 Å². The lowest BCUT2D eigenvalue weighted by Crippen LogP contribution is -2.39. The third-order valence-corrected chi connectivity index (χ3v) is 2.83. The molecule has 0 aromatic carbocycles. The number of hydrogen-bond donors (Lipinski definition) is 2. The average molecular weight is 198 g/mol. The molecule has 0 aliphatic heterocycles. The first-order valence-electron chi connectivity index (χ1n) is 5.82. The maximum Gasteiger partial charge on any atom is 0.220 e. The molecule has 1 fully saturated rings. The van der Waals surface area contributed by atoms with Gasteiger partial charge in [0.1, 0.15) is 0 Å². The summed E-state index contributed by atoms with van der Waals surface area (Å²) in [6.07, 6.45) is 8.73. The van der Waals surface area contributed by atoms with Gasteiger partial charge < -0.3 is 11.1 Å². The van der Waals surface area contributed by atoms with Gasteiger partial charge >= 0.3 is 0 Å². The van der Waals surface area contributed by atoms with Crippen molar-refractivity contribution < 1.29 is 4.79 Å². The molecular weight excluding hydrogens is 176 g/mol. The Hall–Kier alpha value is -0.570. The van der Waals surface area contributed by atoms with Crippen LogP contribution in [0, 0.1) is 0 Å². The second-order valence-electron chi connectivity index (χ2n) is 4.15. The molecule has 0 radical (unpaired) electrons. The van der Waals surface area contributed by atoms with Crippen molar-refractivity contribution in [2.24, 2.45) is 5.73 Å². The third kappa shape index (κ3) is 4.61. The van der Waals surface area contributed by atoms with Crippen molar-refractivity contribution in [1.82, 2.24) is 5.32 Å². The van der Waals surface area contributed by atoms with Crippen LogP contribution < -0.4 is 11.1 Å². The Morgan fingerprint density at radius 1 is 1.21 bits per heavy atom. The molecule has 0 aromatic rings. The van der Waals surface area contributed by atoms with Gasteiger partial charge in [-0.2, -0.15) is 0 Å². The zero-order valence-corrected chi connectivity index (χ0v) is 8.93. The van der Waals surface area contributed by atoms with E-state index in [0.29, 0.717) is 12.5 Å². The van der Waals surface area contributed by atoms with Crippen molar-refractivity contribution in [2.45, 2.75) is 57.4 Å². The molecule has 14 heavy (non-hydrogen) atoms. The molecule has 0 unspecified atom stereocenters. The predicted molar refractivity (Wildman–Crippen MR) is 57.9 cm³/mol. The molecule has 1 saturated carbocycles. The minimum absolute atomic E-state index is 0.238. The summed E-state index contributed by atoms with van der Waals surface area (Å²) >= 11 is 0. The SMILES string of the molecule is NCCCCCCC(=O)NC1CCC1. The lowest BCUT2D eigenvalue weighted by molar-refractivity contribution is -0.122. The molecular formula is C11H22N2O. The van der Waals surface area contributed by atoms with Gasteiger partial charge in [0, 0.05) is 12.5 Å². The van der Waals surface area contributed by atoms with E-state index in [0.717, 1.165) is 32.2 Å². The molecule has 3 nitrogen and oxygen atoms in total. The number of unbranched alkanes of at least 4 members (excludes halogenated alkanes) is 3. The van der Waals surface area contributed by atoms with E-state index in [-0.39, 0.29) is 5.91 Å². The number of nitrogens with one attached hydrogen (secondary N) is 1. The summed E-state index contributed by atoms with van der Waals surface area (Å²) in [4.78, 5) is 11.3. The Bertz CT molecular complexity index is 167. The fourth-order valence-electron chi connectivity index (χ4n) is 1.64. The van der Waals surface area contributed by atoms with Gasteiger partial charge in [0.15, 0.2) is 0 Å². The Kier molecular flexibility index (Phi) is 5.60. The highest BCUT2D eigenvalue weighted by Crippen LogP contribution is 2.18. The van der Waals surface area contributed by atoms with E-state index in [1.165, 1.54) is 19.3 Å². The van der Waals surface area contributed by atoms with Gasteiger partial charge in [0.2, 0.25) is 5.91 Å². The summed E-state index contributed by atoms with van der Waals surface area (Å²) in [5.41, 5.74) is 5.38. The van der Waals surface area contributed by atoms with Crippen LogP contribution in [0.3, 0.4) is 0 Å². The number of hydrogen-bond acceptors (Lipinski definition) is 2. The van der Waals surface area contributed by atoms with Crippen LogP contribution in [0.1, 0.15) is 51.4 Å². The quantitative estimate of drug-likeness (QED) is 0.610. The average Bonchev–Trinajstić information content (AvgIpc) is 2.11. The van der Waals surface area contributed by atoms with Crippen molar-refractivity contribution in [3.05, 3.63) is 0 Å². The van der Waals surface area contributed by atoms with Crippen LogP contribution >= 0.6 is 0 Å². The minimum atomic E-state index is 0.238. The van der Waals surface area contributed by atoms with Crippen molar-refractivity contribution in [3.8, 4) is 0 Å². The molecule has 0 atom stereocenters. The summed E-state index contributed by atoms with van der Waals surface area (Å²) in [6.45, 7) is 0.772. The first kappa shape index (κ1) is 11.5. The number of nitrogens with two attached hydrogens (primary N) is 1. The molecule has 3 heteroatoms. The summed E-state index contributed by atoms with van der Waals surface area (Å²) in [5.74, 6) is 0.238. The Labute approximate surface area is 86.4 Å². The molecule has 0 heterocycles. The molecule has 0 aromatic heterocycles. The second kappa shape index (κ2) is 6.82. The molecule has 3 N–H and O–H groups in total. The van der Waals surface area contributed by atoms with Gasteiger partial charge in [-0.1, -0.05) is 12.8 Å². The van der Waals surface area contributed by atoms with E-state index in [9.17, 15) is 4.79 Å². The topological polar surface area (TPSA) is 55.1 Å². The van der Waals surface area contributed by atoms with Crippen LogP contribution in [0.25, 0.3) is 0 Å². The highest BCUT2D eigenvalue weighted by Gasteiger charge is 2.18. The molecule has 82 valence electrons. The fourth-order valence-corrected chi connectivity index (χ4v) is 1.64. The van der Waals surface area contributed by atoms with Crippen molar-refractivity contribution in [2.75, 3.05) is 6.54 Å². The summed E-state index contributed by atoms with van der Waals surface area (Å²) in [7, 11) is 0. The number of carbonyl (C=O) groups excluding carboxylic acids is 1. The molecule has 1 amide bonds. The highest BCUT2D eigenvalue weighted by atomic mass is 16.1. The zero-order chi connectivity index (χ0) is 10.2. The molecule has 0 spiro atoms. The fraction of sp³-hybridized carbons (Fsp3) is 0.909. The number of amides is 1. The zero-order valence-electron chi connectivity index (χ0n) is 8.93. The van der Waals surface area contributed by atoms with Crippen LogP contribution in [0.5, 0.6) is 0 Å². The molecule has 0 saturated heterocycles. The second-order valence-corrected chi connectivity index (χ2v) is 4.15. The number of carbonyl (C=O) groups is 1. The first-order valence-corrected chi connectivity index (χ1v) is 5.82. The monoisotopic (exact) mass is 198 g/mol. The van der Waals surface area contributed by atoms with E-state index < -0.39 is 0 Å². The maximum absolute atomic E-state index is 11.3. The van der Waals surface area contributed by atoms with E-state index in [4.69, 9.17) is 5.73 Å². The summed E-state index contributed by atoms with van der Waals surface area (Å²) in [6, 6.07) is 0.492. The highest BCUT2D eigenvalue weighted by molar-refractivity contribution is 5.76. The molecule has 1 aliphatic carbocycles. The van der Waals surface area contributed by atoms with Crippen LogP contribution in [-0.4, -0.2) is 18.5 Å². The van der Waals surface area contributed by atoms with Gasteiger partial charge in [-0.05, 0) is 38.6 Å². The van der Waals surface area contributed by atoms with Crippen molar-refractivity contribution in [3.63, 3.8) is 0 Å². The van der Waals surface area contributed by atoms with Crippen molar-refractivity contribution in [1.29, 1.82) is 0 Å². The predicted octanol–water partition coefficient (Wildman–Crippen LogP) is 1.56. The van der Waals surface area contributed by atoms with Crippen LogP contribution in [0.4, 0.5) is 0 Å². The maximum atomic E-state index is 11.3. The smallest absolute Gasteiger partial charge is 0.220 e.